The molecule has 1 fully saturated rings. The van der Waals surface area contributed by atoms with Gasteiger partial charge in [0.05, 0.1) is 0 Å². The van der Waals surface area contributed by atoms with Gasteiger partial charge in [0.1, 0.15) is 36.7 Å². The Balaban J connectivity index is 1.58. The Kier molecular flexibility index (Phi) is 6.13. The number of benzene rings is 1. The molecule has 0 radical (unpaired) electrons. The quantitative estimate of drug-likeness (QED) is 0.338. The average molecular weight is 407 g/mol. The van der Waals surface area contributed by atoms with E-state index in [1.807, 2.05) is 4.98 Å². The third-order valence-corrected chi connectivity index (χ3v) is 4.55. The van der Waals surface area contributed by atoms with E-state index < -0.39 is 54.4 Å². The van der Waals surface area contributed by atoms with E-state index in [0.717, 1.165) is 22.4 Å². The first-order valence-corrected chi connectivity index (χ1v) is 8.79. The van der Waals surface area contributed by atoms with Gasteiger partial charge < -0.3 is 30.5 Å². The van der Waals surface area contributed by atoms with Gasteiger partial charge in [0.2, 0.25) is 0 Å². The van der Waals surface area contributed by atoms with Crippen LogP contribution in [0.4, 0.5) is 0 Å². The highest BCUT2D eigenvalue weighted by Crippen LogP contribution is 2.28. The lowest BCUT2D eigenvalue weighted by Gasteiger charge is -2.17. The Morgan fingerprint density at radius 3 is 2.55 bits per heavy atom. The minimum atomic E-state index is -1.48. The highest BCUT2D eigenvalue weighted by atomic mass is 16.6. The molecule has 29 heavy (non-hydrogen) atoms. The van der Waals surface area contributed by atoms with Gasteiger partial charge in [0.25, 0.3) is 5.56 Å². The highest BCUT2D eigenvalue weighted by molar-refractivity contribution is 5.75. The Morgan fingerprint density at radius 2 is 1.90 bits per heavy atom. The van der Waals surface area contributed by atoms with Gasteiger partial charge in [-0.05, 0) is 24.1 Å². The molecule has 1 aromatic heterocycles. The molecule has 0 aliphatic carbocycles. The lowest BCUT2D eigenvalue weighted by Crippen LogP contribution is -2.39. The number of aromatic amines is 1. The van der Waals surface area contributed by atoms with Crippen molar-refractivity contribution < 1.29 is 29.6 Å². The van der Waals surface area contributed by atoms with Crippen molar-refractivity contribution in [1.82, 2.24) is 9.55 Å². The first-order valence-electron chi connectivity index (χ1n) is 8.79. The van der Waals surface area contributed by atoms with Crippen LogP contribution in [-0.4, -0.2) is 61.8 Å². The SMILES string of the molecule is N[C@@H](Cc1ccc(O)cc1)C(=O)OC[C@H]1O[C@@H](n2ccc(=O)[nH]c2=O)[C@H](O)[C@@H]1O. The van der Waals surface area contributed by atoms with Crippen LogP contribution in [-0.2, 0) is 20.7 Å². The molecule has 1 aromatic carbocycles. The van der Waals surface area contributed by atoms with Gasteiger partial charge in [0, 0.05) is 12.3 Å². The largest absolute Gasteiger partial charge is 0.508 e. The fourth-order valence-electron chi connectivity index (χ4n) is 2.96. The molecule has 0 spiro atoms. The van der Waals surface area contributed by atoms with Crippen LogP contribution >= 0.6 is 0 Å². The van der Waals surface area contributed by atoms with Crippen LogP contribution in [0, 0.1) is 0 Å². The maximum Gasteiger partial charge on any atom is 0.330 e. The number of nitrogens with two attached hydrogens (primary N) is 1. The number of nitrogens with one attached hydrogen (secondary N) is 1. The Morgan fingerprint density at radius 1 is 1.21 bits per heavy atom. The molecule has 5 atom stereocenters. The molecule has 2 heterocycles. The number of rotatable bonds is 6. The normalized spacial score (nSPS) is 24.9. The summed E-state index contributed by atoms with van der Waals surface area (Å²) < 4.78 is 11.5. The topological polar surface area (TPSA) is 177 Å². The number of aromatic nitrogens is 2. The molecule has 0 amide bonds. The Labute approximate surface area is 163 Å². The molecule has 3 rings (SSSR count). The summed E-state index contributed by atoms with van der Waals surface area (Å²) in [5.74, 6) is -0.653. The Bertz CT molecular complexity index is 970. The molecule has 156 valence electrons. The summed E-state index contributed by atoms with van der Waals surface area (Å²) in [6.45, 7) is -0.394. The number of phenolic OH excluding ortho intramolecular Hbond substituents is 1. The number of carbonyl (C=O) groups is 1. The number of ether oxygens (including phenoxy) is 2. The number of hydrogen-bond acceptors (Lipinski definition) is 9. The number of aliphatic hydroxyl groups is 2. The number of phenols is 1. The average Bonchev–Trinajstić information content (AvgIpc) is 2.96. The fourth-order valence-corrected chi connectivity index (χ4v) is 2.96. The summed E-state index contributed by atoms with van der Waals surface area (Å²) in [4.78, 5) is 37.1. The zero-order valence-electron chi connectivity index (χ0n) is 15.2. The molecule has 1 aliphatic heterocycles. The van der Waals surface area contributed by atoms with Crippen molar-refractivity contribution in [2.75, 3.05) is 6.61 Å². The van der Waals surface area contributed by atoms with Gasteiger partial charge in [-0.15, -0.1) is 0 Å². The van der Waals surface area contributed by atoms with Crippen LogP contribution in [0.3, 0.4) is 0 Å². The zero-order chi connectivity index (χ0) is 21.1. The summed E-state index contributed by atoms with van der Waals surface area (Å²) in [7, 11) is 0. The molecule has 0 bridgehead atoms. The number of esters is 1. The first-order chi connectivity index (χ1) is 13.8. The van der Waals surface area contributed by atoms with E-state index in [9.17, 15) is 29.7 Å². The Hall–Kier alpha value is -2.99. The zero-order valence-corrected chi connectivity index (χ0v) is 15.2. The van der Waals surface area contributed by atoms with Gasteiger partial charge in [-0.3, -0.25) is 19.1 Å². The number of carbonyl (C=O) groups excluding carboxylic acids is 1. The standard InChI is InChI=1S/C18H21N3O8/c19-11(7-9-1-3-10(22)4-2-9)17(26)28-8-12-14(24)15(25)16(29-12)21-6-5-13(23)20-18(21)27/h1-6,11-12,14-16,22,24-25H,7-8,19H2,(H,20,23,27)/t11-,12+,14+,15+,16+/m0/s1. The maximum atomic E-state index is 12.1. The van der Waals surface area contributed by atoms with E-state index in [1.165, 1.54) is 12.1 Å². The fraction of sp³-hybridized carbons (Fsp3) is 0.389. The lowest BCUT2D eigenvalue weighted by atomic mass is 10.1. The van der Waals surface area contributed by atoms with Crippen LogP contribution < -0.4 is 17.0 Å². The molecule has 1 aliphatic rings. The minimum absolute atomic E-state index is 0.0898. The second-order valence-corrected chi connectivity index (χ2v) is 6.67. The van der Waals surface area contributed by atoms with Gasteiger partial charge in [0.15, 0.2) is 6.23 Å². The van der Waals surface area contributed by atoms with E-state index in [1.54, 1.807) is 12.1 Å². The molecule has 11 nitrogen and oxygen atoms in total. The van der Waals surface area contributed by atoms with Gasteiger partial charge in [-0.2, -0.15) is 0 Å². The van der Waals surface area contributed by atoms with Crippen LogP contribution in [0.25, 0.3) is 0 Å². The van der Waals surface area contributed by atoms with Crippen molar-refractivity contribution in [1.29, 1.82) is 0 Å². The predicted octanol–water partition coefficient (Wildman–Crippen LogP) is -2.03. The van der Waals surface area contributed by atoms with E-state index >= 15 is 0 Å². The van der Waals surface area contributed by atoms with Crippen molar-refractivity contribution in [3.8, 4) is 5.75 Å². The third kappa shape index (κ3) is 4.71. The molecule has 6 N–H and O–H groups in total. The summed E-state index contributed by atoms with van der Waals surface area (Å²) in [6, 6.07) is 6.26. The van der Waals surface area contributed by atoms with Crippen molar-refractivity contribution in [3.63, 3.8) is 0 Å². The molecule has 2 aromatic rings. The van der Waals surface area contributed by atoms with E-state index in [0.29, 0.717) is 0 Å². The van der Waals surface area contributed by atoms with Crippen LogP contribution in [0.1, 0.15) is 11.8 Å². The number of aromatic hydroxyl groups is 1. The smallest absolute Gasteiger partial charge is 0.330 e. The van der Waals surface area contributed by atoms with Crippen molar-refractivity contribution in [3.05, 3.63) is 62.9 Å². The maximum absolute atomic E-state index is 12.1. The van der Waals surface area contributed by atoms with Gasteiger partial charge >= 0.3 is 11.7 Å². The van der Waals surface area contributed by atoms with Gasteiger partial charge in [-0.25, -0.2) is 4.79 Å². The van der Waals surface area contributed by atoms with Crippen molar-refractivity contribution in [2.24, 2.45) is 5.73 Å². The molecular weight excluding hydrogens is 386 g/mol. The number of aliphatic hydroxyl groups excluding tert-OH is 2. The van der Waals surface area contributed by atoms with Crippen molar-refractivity contribution in [2.45, 2.75) is 37.0 Å². The van der Waals surface area contributed by atoms with Crippen molar-refractivity contribution >= 4 is 5.97 Å². The van der Waals surface area contributed by atoms with Crippen LogP contribution in [0.5, 0.6) is 5.75 Å². The van der Waals surface area contributed by atoms with E-state index in [4.69, 9.17) is 15.2 Å². The monoisotopic (exact) mass is 407 g/mol. The summed E-state index contributed by atoms with van der Waals surface area (Å²) >= 11 is 0. The van der Waals surface area contributed by atoms with E-state index in [2.05, 4.69) is 0 Å². The molecule has 1 saturated heterocycles. The third-order valence-electron chi connectivity index (χ3n) is 4.55. The molecule has 0 unspecified atom stereocenters. The summed E-state index contributed by atoms with van der Waals surface area (Å²) in [5.41, 5.74) is 5.10. The van der Waals surface area contributed by atoms with Gasteiger partial charge in [-0.1, -0.05) is 12.1 Å². The molecular formula is C18H21N3O8. The van der Waals surface area contributed by atoms with E-state index in [-0.39, 0.29) is 12.2 Å². The minimum Gasteiger partial charge on any atom is -0.508 e. The number of hydrogen-bond donors (Lipinski definition) is 5. The van der Waals surface area contributed by atoms with Crippen LogP contribution in [0.2, 0.25) is 0 Å². The lowest BCUT2D eigenvalue weighted by molar-refractivity contribution is -0.151. The summed E-state index contributed by atoms with van der Waals surface area (Å²) in [6.07, 6.45) is -3.97. The van der Waals surface area contributed by atoms with Crippen LogP contribution in [0.15, 0.2) is 46.1 Å². The second-order valence-electron chi connectivity index (χ2n) is 6.67. The molecule has 11 heteroatoms. The number of nitrogens with zero attached hydrogens (tertiary/aromatic N) is 1. The second kappa shape index (κ2) is 8.57. The highest BCUT2D eigenvalue weighted by Gasteiger charge is 2.44. The predicted molar refractivity (Wildman–Crippen MR) is 98.0 cm³/mol. The molecule has 0 saturated carbocycles. The summed E-state index contributed by atoms with van der Waals surface area (Å²) in [5, 5.41) is 29.6. The number of H-pyrrole nitrogens is 1. The first kappa shape index (κ1) is 20.7.